The smallest absolute Gasteiger partial charge is 0.349 e. The highest BCUT2D eigenvalue weighted by atomic mass is 32.2. The molecule has 2 aromatic rings. The third-order valence-electron chi connectivity index (χ3n) is 4.69. The second kappa shape index (κ2) is 7.59. The SMILES string of the molecule is COC(=O)c1sccc1S(=O)(=O)NC[C@]1(O)CCCc2cc(OC)ccc21. The number of sulfonamides is 1. The summed E-state index contributed by atoms with van der Waals surface area (Å²) < 4.78 is 37.7. The van der Waals surface area contributed by atoms with Crippen molar-refractivity contribution in [3.63, 3.8) is 0 Å². The number of nitrogens with one attached hydrogen (secondary N) is 1. The van der Waals surface area contributed by atoms with Gasteiger partial charge in [-0.2, -0.15) is 0 Å². The van der Waals surface area contributed by atoms with E-state index in [1.54, 1.807) is 19.2 Å². The van der Waals surface area contributed by atoms with Gasteiger partial charge in [-0.1, -0.05) is 6.07 Å². The second-order valence-corrected chi connectivity index (χ2v) is 8.99. The number of methoxy groups -OCH3 is 2. The maximum absolute atomic E-state index is 12.7. The molecular weight excluding hydrogens is 390 g/mol. The van der Waals surface area contributed by atoms with Crippen molar-refractivity contribution in [1.82, 2.24) is 4.72 Å². The van der Waals surface area contributed by atoms with E-state index in [4.69, 9.17) is 4.74 Å². The van der Waals surface area contributed by atoms with Gasteiger partial charge in [0.2, 0.25) is 10.0 Å². The van der Waals surface area contributed by atoms with E-state index in [-0.39, 0.29) is 16.3 Å². The average Bonchev–Trinajstić information content (AvgIpc) is 3.17. The van der Waals surface area contributed by atoms with Crippen LogP contribution in [0.5, 0.6) is 5.75 Å². The van der Waals surface area contributed by atoms with E-state index in [2.05, 4.69) is 9.46 Å². The lowest BCUT2D eigenvalue weighted by Crippen LogP contribution is -2.43. The molecule has 0 bridgehead atoms. The molecule has 7 nitrogen and oxygen atoms in total. The normalized spacial score (nSPS) is 19.4. The number of hydrogen-bond donors (Lipinski definition) is 2. The molecule has 1 aromatic carbocycles. The number of rotatable bonds is 6. The topological polar surface area (TPSA) is 102 Å². The highest BCUT2D eigenvalue weighted by Gasteiger charge is 2.36. The van der Waals surface area contributed by atoms with Crippen LogP contribution in [0.25, 0.3) is 0 Å². The standard InChI is InChI=1S/C18H21NO6S2/c1-24-13-5-6-14-12(10-13)4-3-8-18(14,21)11-19-27(22,23)15-7-9-26-16(15)17(20)25-2/h5-7,9-10,19,21H,3-4,8,11H2,1-2H3/t18-/m1/s1. The molecule has 3 rings (SSSR count). The molecule has 0 aliphatic heterocycles. The molecule has 2 N–H and O–H groups in total. The van der Waals surface area contributed by atoms with Crippen LogP contribution in [0.4, 0.5) is 0 Å². The second-order valence-electron chi connectivity index (χ2n) is 6.34. The quantitative estimate of drug-likeness (QED) is 0.706. The van der Waals surface area contributed by atoms with Gasteiger partial charge < -0.3 is 14.6 Å². The molecule has 0 saturated heterocycles. The summed E-state index contributed by atoms with van der Waals surface area (Å²) in [7, 11) is -1.21. The van der Waals surface area contributed by atoms with Crippen molar-refractivity contribution in [2.24, 2.45) is 0 Å². The fourth-order valence-corrected chi connectivity index (χ4v) is 5.71. The Kier molecular flexibility index (Phi) is 5.57. The van der Waals surface area contributed by atoms with Crippen LogP contribution >= 0.6 is 11.3 Å². The molecule has 0 unspecified atom stereocenters. The Bertz CT molecular complexity index is 953. The predicted octanol–water partition coefficient (Wildman–Crippen LogP) is 2.05. The van der Waals surface area contributed by atoms with E-state index in [0.29, 0.717) is 17.7 Å². The molecule has 1 atom stereocenters. The number of thiophene rings is 1. The van der Waals surface area contributed by atoms with Crippen LogP contribution in [0.1, 0.15) is 33.6 Å². The van der Waals surface area contributed by atoms with Crippen molar-refractivity contribution < 1.29 is 27.8 Å². The lowest BCUT2D eigenvalue weighted by molar-refractivity contribution is 0.0242. The number of aryl methyl sites for hydroxylation is 1. The lowest BCUT2D eigenvalue weighted by atomic mass is 9.79. The van der Waals surface area contributed by atoms with Crippen molar-refractivity contribution in [3.8, 4) is 5.75 Å². The molecular formula is C18H21NO6S2. The molecule has 0 saturated carbocycles. The highest BCUT2D eigenvalue weighted by molar-refractivity contribution is 7.89. The summed E-state index contributed by atoms with van der Waals surface area (Å²) in [6, 6.07) is 6.73. The first-order valence-electron chi connectivity index (χ1n) is 8.36. The molecule has 1 aliphatic carbocycles. The van der Waals surface area contributed by atoms with Gasteiger partial charge in [0.1, 0.15) is 21.1 Å². The van der Waals surface area contributed by atoms with Gasteiger partial charge >= 0.3 is 5.97 Å². The third kappa shape index (κ3) is 3.86. The first kappa shape index (κ1) is 19.8. The molecule has 9 heteroatoms. The van der Waals surface area contributed by atoms with E-state index < -0.39 is 21.6 Å². The minimum absolute atomic E-state index is 0.00534. The van der Waals surface area contributed by atoms with Crippen molar-refractivity contribution in [2.75, 3.05) is 20.8 Å². The van der Waals surface area contributed by atoms with Gasteiger partial charge in [0, 0.05) is 6.54 Å². The first-order chi connectivity index (χ1) is 12.8. The number of aliphatic hydroxyl groups is 1. The van der Waals surface area contributed by atoms with E-state index in [9.17, 15) is 18.3 Å². The molecule has 27 heavy (non-hydrogen) atoms. The zero-order valence-electron chi connectivity index (χ0n) is 15.0. The van der Waals surface area contributed by atoms with Crippen LogP contribution in [0.2, 0.25) is 0 Å². The summed E-state index contributed by atoms with van der Waals surface area (Å²) in [6.07, 6.45) is 1.95. The zero-order chi connectivity index (χ0) is 19.7. The number of fused-ring (bicyclic) bond motifs is 1. The Morgan fingerprint density at radius 1 is 1.33 bits per heavy atom. The van der Waals surface area contributed by atoms with Crippen LogP contribution in [-0.4, -0.2) is 40.3 Å². The Hall–Kier alpha value is -1.94. The lowest BCUT2D eigenvalue weighted by Gasteiger charge is -2.34. The molecule has 0 fully saturated rings. The maximum Gasteiger partial charge on any atom is 0.349 e. The van der Waals surface area contributed by atoms with Gasteiger partial charge in [-0.3, -0.25) is 0 Å². The predicted molar refractivity (Wildman–Crippen MR) is 101 cm³/mol. The molecule has 0 amide bonds. The molecule has 146 valence electrons. The van der Waals surface area contributed by atoms with Crippen LogP contribution in [-0.2, 0) is 26.8 Å². The minimum atomic E-state index is -3.98. The van der Waals surface area contributed by atoms with Crippen molar-refractivity contribution in [2.45, 2.75) is 29.8 Å². The molecule has 0 radical (unpaired) electrons. The maximum atomic E-state index is 12.7. The fraction of sp³-hybridized carbons (Fsp3) is 0.389. The van der Waals surface area contributed by atoms with Crippen LogP contribution in [0.3, 0.4) is 0 Å². The van der Waals surface area contributed by atoms with Crippen LogP contribution in [0, 0.1) is 0 Å². The monoisotopic (exact) mass is 411 g/mol. The Morgan fingerprint density at radius 2 is 2.11 bits per heavy atom. The number of benzene rings is 1. The molecule has 0 spiro atoms. The van der Waals surface area contributed by atoms with Gasteiger partial charge in [0.25, 0.3) is 0 Å². The summed E-state index contributed by atoms with van der Waals surface area (Å²) in [5.41, 5.74) is 0.304. The van der Waals surface area contributed by atoms with Gasteiger partial charge in [-0.25, -0.2) is 17.9 Å². The number of esters is 1. The number of hydrogen-bond acceptors (Lipinski definition) is 7. The van der Waals surface area contributed by atoms with Crippen molar-refractivity contribution >= 4 is 27.3 Å². The Labute approximate surface area is 162 Å². The van der Waals surface area contributed by atoms with Gasteiger partial charge in [0.05, 0.1) is 14.2 Å². The van der Waals surface area contributed by atoms with E-state index >= 15 is 0 Å². The van der Waals surface area contributed by atoms with E-state index in [0.717, 1.165) is 29.7 Å². The molecule has 1 aliphatic rings. The summed E-state index contributed by atoms with van der Waals surface area (Å²) in [5, 5.41) is 12.6. The Morgan fingerprint density at radius 3 is 2.81 bits per heavy atom. The molecule has 1 aromatic heterocycles. The van der Waals surface area contributed by atoms with Crippen molar-refractivity contribution in [1.29, 1.82) is 0 Å². The van der Waals surface area contributed by atoms with Crippen LogP contribution in [0.15, 0.2) is 34.5 Å². The van der Waals surface area contributed by atoms with Gasteiger partial charge in [-0.05, 0) is 54.0 Å². The summed E-state index contributed by atoms with van der Waals surface area (Å²) in [6.45, 7) is -0.189. The highest BCUT2D eigenvalue weighted by Crippen LogP contribution is 2.37. The summed E-state index contributed by atoms with van der Waals surface area (Å²) >= 11 is 0.992. The first-order valence-corrected chi connectivity index (χ1v) is 10.7. The Balaban J connectivity index is 1.85. The summed E-state index contributed by atoms with van der Waals surface area (Å²) in [4.78, 5) is 11.6. The van der Waals surface area contributed by atoms with Crippen molar-refractivity contribution in [3.05, 3.63) is 45.6 Å². The van der Waals surface area contributed by atoms with E-state index in [1.807, 2.05) is 6.07 Å². The fourth-order valence-electron chi connectivity index (χ4n) is 3.29. The number of ether oxygens (including phenoxy) is 2. The largest absolute Gasteiger partial charge is 0.497 e. The third-order valence-corrected chi connectivity index (χ3v) is 7.16. The summed E-state index contributed by atoms with van der Waals surface area (Å²) in [5.74, 6) is -0.0150. The van der Waals surface area contributed by atoms with Gasteiger partial charge in [-0.15, -0.1) is 11.3 Å². The van der Waals surface area contributed by atoms with E-state index in [1.165, 1.54) is 18.6 Å². The number of carbonyl (C=O) groups excluding carboxylic acids is 1. The zero-order valence-corrected chi connectivity index (χ0v) is 16.7. The van der Waals surface area contributed by atoms with Gasteiger partial charge in [0.15, 0.2) is 0 Å². The average molecular weight is 412 g/mol. The van der Waals surface area contributed by atoms with Crippen LogP contribution < -0.4 is 9.46 Å². The minimum Gasteiger partial charge on any atom is -0.497 e. The number of carbonyl (C=O) groups is 1. The molecule has 1 heterocycles.